The van der Waals surface area contributed by atoms with Gasteiger partial charge in [0.25, 0.3) is 0 Å². The molecule has 298 valence electrons. The lowest BCUT2D eigenvalue weighted by atomic mass is 10.0. The predicted molar refractivity (Wildman–Crippen MR) is 217 cm³/mol. The van der Waals surface area contributed by atoms with Gasteiger partial charge in [-0.05, 0) is 25.8 Å². The first kappa shape index (κ1) is 48.8. The predicted octanol–water partition coefficient (Wildman–Crippen LogP) is 10.2. The molecule has 0 aliphatic rings. The summed E-state index contributed by atoms with van der Waals surface area (Å²) in [5, 5.41) is 15.7. The van der Waals surface area contributed by atoms with Crippen molar-refractivity contribution in [1.82, 2.24) is 20.4 Å². The van der Waals surface area contributed by atoms with E-state index in [1.54, 1.807) is 0 Å². The Hall–Kier alpha value is -1.18. The van der Waals surface area contributed by atoms with Crippen molar-refractivity contribution in [3.05, 3.63) is 0 Å². The van der Waals surface area contributed by atoms with Crippen molar-refractivity contribution in [3.63, 3.8) is 0 Å². The molecule has 7 nitrogen and oxygen atoms in total. The molecule has 0 fully saturated rings. The summed E-state index contributed by atoms with van der Waals surface area (Å²) in [4.78, 5) is 29.8. The molecule has 0 saturated carbocycles. The van der Waals surface area contributed by atoms with E-state index >= 15 is 0 Å². The van der Waals surface area contributed by atoms with Gasteiger partial charge in [0.2, 0.25) is 11.8 Å². The topological polar surface area (TPSA) is 84.9 Å². The zero-order chi connectivity index (χ0) is 36.6. The number of carbonyl (C=O) groups excluding carboxylic acids is 2. The van der Waals surface area contributed by atoms with Crippen molar-refractivity contribution < 1.29 is 14.7 Å². The molecule has 3 N–H and O–H groups in total. The Kier molecular flexibility index (Phi) is 39.6. The van der Waals surface area contributed by atoms with Gasteiger partial charge in [0.1, 0.15) is 0 Å². The molecule has 0 heterocycles. The van der Waals surface area contributed by atoms with Crippen LogP contribution in [0.3, 0.4) is 0 Å². The fraction of sp³-hybridized carbons (Fsp3) is 0.953. The van der Waals surface area contributed by atoms with Crippen LogP contribution in [0.4, 0.5) is 0 Å². The second kappa shape index (κ2) is 40.6. The number of rotatable bonds is 41. The normalized spacial score (nSPS) is 11.6. The van der Waals surface area contributed by atoms with Gasteiger partial charge in [0, 0.05) is 58.7 Å². The van der Waals surface area contributed by atoms with Gasteiger partial charge in [-0.25, -0.2) is 0 Å². The van der Waals surface area contributed by atoms with Gasteiger partial charge in [-0.2, -0.15) is 0 Å². The Morgan fingerprint density at radius 2 is 0.680 bits per heavy atom. The summed E-state index contributed by atoms with van der Waals surface area (Å²) in [5.41, 5.74) is 0. The molecule has 7 heteroatoms. The molecule has 0 saturated heterocycles. The molecule has 0 aromatic carbocycles. The summed E-state index contributed by atoms with van der Waals surface area (Å²) in [6.45, 7) is 13.0. The minimum absolute atomic E-state index is 0.113. The number of nitrogens with one attached hydrogen (secondary N) is 2. The number of amides is 2. The van der Waals surface area contributed by atoms with E-state index in [1.807, 2.05) is 0 Å². The van der Waals surface area contributed by atoms with Gasteiger partial charge in [0.15, 0.2) is 0 Å². The first-order chi connectivity index (χ1) is 24.6. The van der Waals surface area contributed by atoms with E-state index in [0.717, 1.165) is 52.0 Å². The fourth-order valence-corrected chi connectivity index (χ4v) is 6.85. The van der Waals surface area contributed by atoms with Gasteiger partial charge < -0.3 is 20.6 Å². The zero-order valence-corrected chi connectivity index (χ0v) is 34.0. The van der Waals surface area contributed by atoms with E-state index in [0.29, 0.717) is 32.5 Å². The maximum Gasteiger partial charge on any atom is 0.221 e. The third-order valence-electron chi connectivity index (χ3n) is 10.2. The second-order valence-electron chi connectivity index (χ2n) is 15.1. The molecule has 0 spiro atoms. The van der Waals surface area contributed by atoms with Gasteiger partial charge in [-0.1, -0.05) is 175 Å². The summed E-state index contributed by atoms with van der Waals surface area (Å²) in [7, 11) is 0. The molecule has 0 aromatic heterocycles. The molecule has 0 bridgehead atoms. The maximum absolute atomic E-state index is 12.6. The third-order valence-corrected chi connectivity index (χ3v) is 10.2. The Labute approximate surface area is 312 Å². The average molecular weight is 709 g/mol. The van der Waals surface area contributed by atoms with Crippen LogP contribution in [0.25, 0.3) is 0 Å². The van der Waals surface area contributed by atoms with E-state index < -0.39 is 0 Å². The second-order valence-corrected chi connectivity index (χ2v) is 15.1. The lowest BCUT2D eigenvalue weighted by Gasteiger charge is -2.27. The van der Waals surface area contributed by atoms with Crippen molar-refractivity contribution in [2.75, 3.05) is 59.0 Å². The largest absolute Gasteiger partial charge is 0.395 e. The average Bonchev–Trinajstić information content (AvgIpc) is 3.11. The zero-order valence-electron chi connectivity index (χ0n) is 34.0. The SMILES string of the molecule is CCCCCCCCCCCCCCCNC(=O)CCN(CCC(=O)NCCCCCCCCCCCCCCC)CCN(CCC)CCO. The molecule has 0 rings (SSSR count). The third kappa shape index (κ3) is 36.6. The Morgan fingerprint density at radius 3 is 0.980 bits per heavy atom. The van der Waals surface area contributed by atoms with E-state index in [2.05, 4.69) is 41.2 Å². The number of nitrogens with zero attached hydrogens (tertiary/aromatic N) is 2. The molecular weight excluding hydrogens is 620 g/mol. The molecular formula is C43H88N4O3. The molecule has 0 atom stereocenters. The van der Waals surface area contributed by atoms with E-state index in [9.17, 15) is 14.7 Å². The first-order valence-electron chi connectivity index (χ1n) is 22.2. The maximum atomic E-state index is 12.6. The van der Waals surface area contributed by atoms with Gasteiger partial charge in [-0.15, -0.1) is 0 Å². The minimum Gasteiger partial charge on any atom is -0.395 e. The Bertz CT molecular complexity index is 654. The molecule has 50 heavy (non-hydrogen) atoms. The first-order valence-corrected chi connectivity index (χ1v) is 22.2. The van der Waals surface area contributed by atoms with E-state index in [-0.39, 0.29) is 18.4 Å². The van der Waals surface area contributed by atoms with Crippen LogP contribution >= 0.6 is 0 Å². The molecule has 0 radical (unpaired) electrons. The van der Waals surface area contributed by atoms with Crippen molar-refractivity contribution >= 4 is 11.8 Å². The van der Waals surface area contributed by atoms with Crippen LogP contribution in [0.2, 0.25) is 0 Å². The van der Waals surface area contributed by atoms with E-state index in [1.165, 1.54) is 154 Å². The molecule has 0 aliphatic heterocycles. The quantitative estimate of drug-likeness (QED) is 0.0551. The number of carbonyl (C=O) groups is 2. The molecule has 2 amide bonds. The van der Waals surface area contributed by atoms with Crippen LogP contribution in [0.1, 0.15) is 207 Å². The highest BCUT2D eigenvalue weighted by Crippen LogP contribution is 2.13. The molecule has 0 aromatic rings. The van der Waals surface area contributed by atoms with Crippen LogP contribution < -0.4 is 10.6 Å². The number of aliphatic hydroxyl groups is 1. The summed E-state index contributed by atoms with van der Waals surface area (Å²) in [5.74, 6) is 0.225. The van der Waals surface area contributed by atoms with Gasteiger partial charge >= 0.3 is 0 Å². The highest BCUT2D eigenvalue weighted by molar-refractivity contribution is 5.76. The highest BCUT2D eigenvalue weighted by Gasteiger charge is 2.13. The minimum atomic E-state index is 0.113. The number of unbranched alkanes of at least 4 members (excludes halogenated alkanes) is 24. The van der Waals surface area contributed by atoms with Crippen molar-refractivity contribution in [2.45, 2.75) is 207 Å². The fourth-order valence-electron chi connectivity index (χ4n) is 6.85. The lowest BCUT2D eigenvalue weighted by molar-refractivity contribution is -0.121. The summed E-state index contributed by atoms with van der Waals surface area (Å²) < 4.78 is 0. The highest BCUT2D eigenvalue weighted by atomic mass is 16.3. The van der Waals surface area contributed by atoms with Gasteiger partial charge in [-0.3, -0.25) is 14.5 Å². The van der Waals surface area contributed by atoms with Crippen LogP contribution in [0, 0.1) is 0 Å². The monoisotopic (exact) mass is 709 g/mol. The number of aliphatic hydroxyl groups excluding tert-OH is 1. The van der Waals surface area contributed by atoms with Crippen molar-refractivity contribution in [3.8, 4) is 0 Å². The Morgan fingerprint density at radius 1 is 0.380 bits per heavy atom. The summed E-state index contributed by atoms with van der Waals surface area (Å²) in [6, 6.07) is 0. The lowest BCUT2D eigenvalue weighted by Crippen LogP contribution is -2.40. The molecule has 0 aliphatic carbocycles. The summed E-state index contributed by atoms with van der Waals surface area (Å²) >= 11 is 0. The van der Waals surface area contributed by atoms with Crippen LogP contribution in [0.5, 0.6) is 0 Å². The van der Waals surface area contributed by atoms with Crippen LogP contribution in [-0.2, 0) is 9.59 Å². The molecule has 0 unspecified atom stereocenters. The number of hydrogen-bond donors (Lipinski definition) is 3. The van der Waals surface area contributed by atoms with Crippen molar-refractivity contribution in [2.24, 2.45) is 0 Å². The smallest absolute Gasteiger partial charge is 0.221 e. The standard InChI is InChI=1S/C43H88N4O3/c1-4-7-9-11-13-15-17-19-21-23-25-27-29-33-44-42(49)31-36-47(39-38-46(35-6-3)40-41-48)37-32-43(50)45-34-30-28-26-24-22-20-18-16-14-12-10-8-5-2/h48H,4-41H2,1-3H3,(H,44,49)(H,45,50). The summed E-state index contributed by atoms with van der Waals surface area (Å²) in [6.07, 6.45) is 36.6. The van der Waals surface area contributed by atoms with Crippen LogP contribution in [-0.4, -0.2) is 85.7 Å². The number of hydrogen-bond acceptors (Lipinski definition) is 5. The van der Waals surface area contributed by atoms with Crippen LogP contribution in [0.15, 0.2) is 0 Å². The van der Waals surface area contributed by atoms with Gasteiger partial charge in [0.05, 0.1) is 6.61 Å². The Balaban J connectivity index is 4.11. The van der Waals surface area contributed by atoms with E-state index in [4.69, 9.17) is 0 Å². The van der Waals surface area contributed by atoms with Crippen molar-refractivity contribution in [1.29, 1.82) is 0 Å².